The van der Waals surface area contributed by atoms with E-state index < -0.39 is 0 Å². The fourth-order valence-electron chi connectivity index (χ4n) is 2.73. The van der Waals surface area contributed by atoms with Crippen LogP contribution in [0.3, 0.4) is 0 Å². The van der Waals surface area contributed by atoms with Crippen LogP contribution >= 0.6 is 0 Å². The molecule has 0 aliphatic carbocycles. The summed E-state index contributed by atoms with van der Waals surface area (Å²) in [5.41, 5.74) is 1.39. The van der Waals surface area contributed by atoms with E-state index in [4.69, 9.17) is 9.47 Å². The minimum Gasteiger partial charge on any atom is -0.493 e. The Morgan fingerprint density at radius 2 is 1.74 bits per heavy atom. The molecular weight excluding hydrogens is 344 g/mol. The molecule has 0 fully saturated rings. The number of anilines is 1. The Bertz CT molecular complexity index is 729. The first-order valence-corrected chi connectivity index (χ1v) is 9.19. The number of methoxy groups -OCH3 is 2. The minimum atomic E-state index is -0.0716. The van der Waals surface area contributed by atoms with Gasteiger partial charge in [0.2, 0.25) is 0 Å². The van der Waals surface area contributed by atoms with Gasteiger partial charge in [-0.2, -0.15) is 0 Å². The van der Waals surface area contributed by atoms with Crippen LogP contribution in [-0.2, 0) is 6.54 Å². The highest BCUT2D eigenvalue weighted by Gasteiger charge is 2.16. The molecular formula is C20H28N4O3. The minimum absolute atomic E-state index is 0.0716. The van der Waals surface area contributed by atoms with Crippen molar-refractivity contribution in [1.82, 2.24) is 14.9 Å². The summed E-state index contributed by atoms with van der Waals surface area (Å²) >= 11 is 0. The second-order valence-corrected chi connectivity index (χ2v) is 6.12. The maximum Gasteiger partial charge on any atom is 0.274 e. The van der Waals surface area contributed by atoms with E-state index in [9.17, 15) is 4.79 Å². The van der Waals surface area contributed by atoms with E-state index in [1.807, 2.05) is 23.1 Å². The van der Waals surface area contributed by atoms with Crippen LogP contribution in [0, 0.1) is 0 Å². The van der Waals surface area contributed by atoms with Crippen molar-refractivity contribution in [3.63, 3.8) is 0 Å². The second kappa shape index (κ2) is 10.4. The van der Waals surface area contributed by atoms with E-state index in [2.05, 4.69) is 29.1 Å². The number of aromatic nitrogens is 2. The summed E-state index contributed by atoms with van der Waals surface area (Å²) < 4.78 is 10.5. The molecule has 146 valence electrons. The van der Waals surface area contributed by atoms with Crippen molar-refractivity contribution >= 4 is 11.7 Å². The molecule has 1 aromatic heterocycles. The molecule has 0 saturated carbocycles. The molecule has 1 N–H and O–H groups in total. The smallest absolute Gasteiger partial charge is 0.274 e. The van der Waals surface area contributed by atoms with E-state index in [0.29, 0.717) is 29.6 Å². The number of hydrogen-bond acceptors (Lipinski definition) is 6. The van der Waals surface area contributed by atoms with Gasteiger partial charge < -0.3 is 19.7 Å². The normalized spacial score (nSPS) is 10.4. The molecule has 0 aliphatic heterocycles. The van der Waals surface area contributed by atoms with Crippen LogP contribution in [0.4, 0.5) is 5.82 Å². The largest absolute Gasteiger partial charge is 0.493 e. The maximum atomic E-state index is 12.5. The Labute approximate surface area is 160 Å². The van der Waals surface area contributed by atoms with Crippen LogP contribution in [-0.4, -0.2) is 48.1 Å². The average molecular weight is 372 g/mol. The maximum absolute atomic E-state index is 12.5. The highest BCUT2D eigenvalue weighted by atomic mass is 16.5. The van der Waals surface area contributed by atoms with E-state index in [1.54, 1.807) is 20.4 Å². The van der Waals surface area contributed by atoms with Gasteiger partial charge in [0.05, 0.1) is 26.6 Å². The average Bonchev–Trinajstić information content (AvgIpc) is 2.71. The fourth-order valence-corrected chi connectivity index (χ4v) is 2.73. The molecule has 0 unspecified atom stereocenters. The molecule has 27 heavy (non-hydrogen) atoms. The van der Waals surface area contributed by atoms with Gasteiger partial charge in [0.25, 0.3) is 5.91 Å². The number of ether oxygens (including phenoxy) is 2. The summed E-state index contributed by atoms with van der Waals surface area (Å²) in [4.78, 5) is 22.9. The summed E-state index contributed by atoms with van der Waals surface area (Å²) in [5.74, 6) is 1.90. The summed E-state index contributed by atoms with van der Waals surface area (Å²) in [7, 11) is 3.22. The van der Waals surface area contributed by atoms with E-state index >= 15 is 0 Å². The quantitative estimate of drug-likeness (QED) is 0.689. The van der Waals surface area contributed by atoms with Gasteiger partial charge in [0, 0.05) is 19.6 Å². The summed E-state index contributed by atoms with van der Waals surface area (Å²) in [6.07, 6.45) is 4.95. The van der Waals surface area contributed by atoms with Crippen molar-refractivity contribution in [1.29, 1.82) is 0 Å². The first-order valence-electron chi connectivity index (χ1n) is 9.19. The van der Waals surface area contributed by atoms with Crippen molar-refractivity contribution in [3.05, 3.63) is 41.9 Å². The molecule has 1 amide bonds. The molecule has 1 aromatic carbocycles. The molecule has 7 heteroatoms. The Kier molecular flexibility index (Phi) is 7.85. The Balaban J connectivity index is 2.00. The number of nitrogens with one attached hydrogen (secondary N) is 1. The highest BCUT2D eigenvalue weighted by Crippen LogP contribution is 2.27. The number of hydrogen-bond donors (Lipinski definition) is 1. The van der Waals surface area contributed by atoms with Crippen LogP contribution in [0.5, 0.6) is 11.5 Å². The number of benzene rings is 1. The Hall–Kier alpha value is -2.83. The van der Waals surface area contributed by atoms with Gasteiger partial charge in [-0.05, 0) is 30.5 Å². The zero-order valence-electron chi connectivity index (χ0n) is 16.5. The van der Waals surface area contributed by atoms with E-state index in [1.165, 1.54) is 6.20 Å². The third kappa shape index (κ3) is 5.57. The lowest BCUT2D eigenvalue weighted by Crippen LogP contribution is -2.33. The van der Waals surface area contributed by atoms with Gasteiger partial charge in [0.1, 0.15) is 11.5 Å². The number of carbonyl (C=O) groups excluding carboxylic acids is 1. The Morgan fingerprint density at radius 1 is 1.04 bits per heavy atom. The van der Waals surface area contributed by atoms with Gasteiger partial charge in [-0.1, -0.05) is 19.9 Å². The number of amides is 1. The summed E-state index contributed by atoms with van der Waals surface area (Å²) in [6, 6.07) is 5.72. The molecule has 0 spiro atoms. The van der Waals surface area contributed by atoms with Crippen LogP contribution < -0.4 is 14.8 Å². The predicted molar refractivity (Wildman–Crippen MR) is 105 cm³/mol. The summed E-state index contributed by atoms with van der Waals surface area (Å²) in [6.45, 7) is 6.13. The van der Waals surface area contributed by atoms with Crippen LogP contribution in [0.2, 0.25) is 0 Å². The molecule has 2 aromatic rings. The SMILES string of the molecule is CCCN(CCC)C(=O)c1cnc(NCc2ccc(OC)c(OC)c2)cn1. The zero-order chi connectivity index (χ0) is 19.6. The van der Waals surface area contributed by atoms with Gasteiger partial charge in [0.15, 0.2) is 11.5 Å². The van der Waals surface area contributed by atoms with Crippen molar-refractivity contribution in [2.75, 3.05) is 32.6 Å². The molecule has 1 heterocycles. The molecule has 0 bridgehead atoms. The first-order chi connectivity index (χ1) is 13.1. The van der Waals surface area contributed by atoms with Gasteiger partial charge in [-0.25, -0.2) is 9.97 Å². The number of rotatable bonds is 10. The van der Waals surface area contributed by atoms with Crippen LogP contribution in [0.25, 0.3) is 0 Å². The molecule has 0 atom stereocenters. The molecule has 0 saturated heterocycles. The van der Waals surface area contributed by atoms with Crippen molar-refractivity contribution in [2.45, 2.75) is 33.2 Å². The number of nitrogens with zero attached hydrogens (tertiary/aromatic N) is 3. The lowest BCUT2D eigenvalue weighted by atomic mass is 10.2. The van der Waals surface area contributed by atoms with E-state index in [-0.39, 0.29) is 5.91 Å². The molecule has 7 nitrogen and oxygen atoms in total. The van der Waals surface area contributed by atoms with Gasteiger partial charge in [-0.3, -0.25) is 4.79 Å². The van der Waals surface area contributed by atoms with Crippen molar-refractivity contribution in [2.24, 2.45) is 0 Å². The van der Waals surface area contributed by atoms with E-state index in [0.717, 1.165) is 31.5 Å². The van der Waals surface area contributed by atoms with Gasteiger partial charge in [-0.15, -0.1) is 0 Å². The van der Waals surface area contributed by atoms with Gasteiger partial charge >= 0.3 is 0 Å². The van der Waals surface area contributed by atoms with Crippen molar-refractivity contribution in [3.8, 4) is 11.5 Å². The molecule has 0 radical (unpaired) electrons. The molecule has 0 aliphatic rings. The monoisotopic (exact) mass is 372 g/mol. The lowest BCUT2D eigenvalue weighted by molar-refractivity contribution is 0.0749. The number of carbonyl (C=O) groups is 1. The second-order valence-electron chi connectivity index (χ2n) is 6.12. The first kappa shape index (κ1) is 20.5. The standard InChI is InChI=1S/C20H28N4O3/c1-5-9-24(10-6-2)20(25)16-13-23-19(14-21-16)22-12-15-7-8-17(26-3)18(11-15)27-4/h7-8,11,13-14H,5-6,9-10,12H2,1-4H3,(H,22,23). The fraction of sp³-hybridized carbons (Fsp3) is 0.450. The topological polar surface area (TPSA) is 76.6 Å². The highest BCUT2D eigenvalue weighted by molar-refractivity contribution is 5.92. The lowest BCUT2D eigenvalue weighted by Gasteiger charge is -2.20. The zero-order valence-corrected chi connectivity index (χ0v) is 16.5. The Morgan fingerprint density at radius 3 is 2.30 bits per heavy atom. The summed E-state index contributed by atoms with van der Waals surface area (Å²) in [5, 5.41) is 3.20. The van der Waals surface area contributed by atoms with Crippen LogP contribution in [0.15, 0.2) is 30.6 Å². The van der Waals surface area contributed by atoms with Crippen LogP contribution in [0.1, 0.15) is 42.7 Å². The predicted octanol–water partition coefficient (Wildman–Crippen LogP) is 3.37. The third-order valence-electron chi connectivity index (χ3n) is 4.07. The third-order valence-corrected chi connectivity index (χ3v) is 4.07. The molecule has 2 rings (SSSR count). The van der Waals surface area contributed by atoms with Crippen molar-refractivity contribution < 1.29 is 14.3 Å².